The highest BCUT2D eigenvalue weighted by Crippen LogP contribution is 2.33. The van der Waals surface area contributed by atoms with Gasteiger partial charge in [0.15, 0.2) is 0 Å². The lowest BCUT2D eigenvalue weighted by Crippen LogP contribution is -2.48. The molecule has 0 bridgehead atoms. The van der Waals surface area contributed by atoms with E-state index < -0.39 is 34.7 Å². The van der Waals surface area contributed by atoms with Gasteiger partial charge in [-0.15, -0.1) is 11.8 Å². The molecule has 0 aromatic carbocycles. The van der Waals surface area contributed by atoms with Gasteiger partial charge < -0.3 is 0 Å². The number of alkyl halides is 3. The van der Waals surface area contributed by atoms with E-state index in [0.29, 0.717) is 11.1 Å². The van der Waals surface area contributed by atoms with E-state index in [1.807, 2.05) is 0 Å². The van der Waals surface area contributed by atoms with Crippen molar-refractivity contribution in [3.8, 4) is 0 Å². The Labute approximate surface area is 146 Å². The fraction of sp³-hybridized carbons (Fsp3) is 0.400. The maximum absolute atomic E-state index is 13.0. The van der Waals surface area contributed by atoms with Gasteiger partial charge in [0.2, 0.25) is 11.9 Å². The van der Waals surface area contributed by atoms with Crippen molar-refractivity contribution in [1.29, 1.82) is 0 Å². The molecule has 0 N–H and O–H groups in total. The molecule has 1 aromatic heterocycles. The predicted octanol–water partition coefficient (Wildman–Crippen LogP) is 3.00. The average molecular weight is 372 g/mol. The van der Waals surface area contributed by atoms with Gasteiger partial charge in [-0.3, -0.25) is 19.5 Å². The van der Waals surface area contributed by atoms with Crippen molar-refractivity contribution < 1.29 is 22.8 Å². The summed E-state index contributed by atoms with van der Waals surface area (Å²) in [7, 11) is 0. The van der Waals surface area contributed by atoms with Crippen LogP contribution in [0.25, 0.3) is 0 Å². The summed E-state index contributed by atoms with van der Waals surface area (Å²) in [4.78, 5) is 36.8. The summed E-state index contributed by atoms with van der Waals surface area (Å²) in [5.74, 6) is -1.82. The van der Waals surface area contributed by atoms with Crippen molar-refractivity contribution in [2.24, 2.45) is 9.98 Å². The molecule has 1 aromatic rings. The molecular formula is C15H15F3N4O2S. The van der Waals surface area contributed by atoms with Crippen LogP contribution in [0.2, 0.25) is 0 Å². The Bertz CT molecular complexity index is 787. The van der Waals surface area contributed by atoms with Crippen LogP contribution in [-0.2, 0) is 11.0 Å². The minimum Gasteiger partial charge on any atom is -0.275 e. The van der Waals surface area contributed by atoms with E-state index in [4.69, 9.17) is 0 Å². The number of halogens is 3. The van der Waals surface area contributed by atoms with Crippen molar-refractivity contribution in [1.82, 2.24) is 9.88 Å². The predicted molar refractivity (Wildman–Crippen MR) is 88.6 cm³/mol. The van der Waals surface area contributed by atoms with Gasteiger partial charge in [-0.25, -0.2) is 4.99 Å². The third-order valence-electron chi connectivity index (χ3n) is 3.55. The van der Waals surface area contributed by atoms with Gasteiger partial charge in [-0.2, -0.15) is 18.2 Å². The van der Waals surface area contributed by atoms with Crippen LogP contribution in [-0.4, -0.2) is 44.5 Å². The maximum Gasteiger partial charge on any atom is 0.417 e. The topological polar surface area (TPSA) is 75.0 Å². The molecule has 0 saturated carbocycles. The van der Waals surface area contributed by atoms with E-state index in [2.05, 4.69) is 15.0 Å². The molecule has 10 heteroatoms. The molecule has 2 amide bonds. The molecule has 2 heterocycles. The number of nitrogens with zero attached hydrogens (tertiary/aromatic N) is 4. The highest BCUT2D eigenvalue weighted by Gasteiger charge is 2.43. The minimum atomic E-state index is -4.73. The zero-order chi connectivity index (χ0) is 19.0. The Morgan fingerprint density at radius 2 is 1.96 bits per heavy atom. The smallest absolute Gasteiger partial charge is 0.275 e. The SMILES string of the molecule is CSC1=NC(=NC(=O)c2cnccc2C(F)(F)F)N(C(C)=O)C1(C)C. The average Bonchev–Trinajstić information content (AvgIpc) is 2.76. The molecular weight excluding hydrogens is 357 g/mol. The van der Waals surface area contributed by atoms with Crippen molar-refractivity contribution >= 4 is 34.6 Å². The molecule has 1 aliphatic heterocycles. The molecule has 134 valence electrons. The molecule has 0 saturated heterocycles. The molecule has 2 rings (SSSR count). The van der Waals surface area contributed by atoms with Crippen LogP contribution in [0, 0.1) is 0 Å². The van der Waals surface area contributed by atoms with Crippen LogP contribution in [0.3, 0.4) is 0 Å². The molecule has 0 radical (unpaired) electrons. The lowest BCUT2D eigenvalue weighted by molar-refractivity contribution is -0.138. The third kappa shape index (κ3) is 3.58. The molecule has 1 aliphatic rings. The molecule has 6 nitrogen and oxygen atoms in total. The highest BCUT2D eigenvalue weighted by atomic mass is 32.2. The summed E-state index contributed by atoms with van der Waals surface area (Å²) >= 11 is 1.27. The number of pyridine rings is 1. The number of hydrogen-bond acceptors (Lipinski definition) is 4. The fourth-order valence-electron chi connectivity index (χ4n) is 2.49. The largest absolute Gasteiger partial charge is 0.417 e. The second kappa shape index (κ2) is 6.58. The highest BCUT2D eigenvalue weighted by molar-refractivity contribution is 8.13. The minimum absolute atomic E-state index is 0.233. The number of hydrogen-bond donors (Lipinski definition) is 0. The Kier molecular flexibility index (Phi) is 5.03. The normalized spacial score (nSPS) is 18.4. The number of carbonyl (C=O) groups is 2. The van der Waals surface area contributed by atoms with Crippen LogP contribution in [0.4, 0.5) is 13.2 Å². The lowest BCUT2D eigenvalue weighted by atomic mass is 10.1. The van der Waals surface area contributed by atoms with E-state index >= 15 is 0 Å². The van der Waals surface area contributed by atoms with Crippen LogP contribution < -0.4 is 0 Å². The Morgan fingerprint density at radius 1 is 1.32 bits per heavy atom. The standard InChI is InChI=1S/C15H15F3N4O2S/c1-8(23)22-13(21-12(25-4)14(22,2)3)20-11(24)9-7-19-6-5-10(9)15(16,17)18/h5-7H,1-4H3. The van der Waals surface area contributed by atoms with Gasteiger partial charge in [-0.1, -0.05) is 0 Å². The number of thioether (sulfide) groups is 1. The molecule has 0 fully saturated rings. The summed E-state index contributed by atoms with van der Waals surface area (Å²) in [6.07, 6.45) is -1.24. The summed E-state index contributed by atoms with van der Waals surface area (Å²) in [5.41, 5.74) is -2.68. The fourth-order valence-corrected chi connectivity index (χ4v) is 3.26. The van der Waals surface area contributed by atoms with Crippen LogP contribution >= 0.6 is 11.8 Å². The van der Waals surface area contributed by atoms with Gasteiger partial charge in [0.1, 0.15) is 5.04 Å². The zero-order valence-electron chi connectivity index (χ0n) is 13.9. The first-order valence-electron chi connectivity index (χ1n) is 7.08. The van der Waals surface area contributed by atoms with Crippen molar-refractivity contribution in [3.05, 3.63) is 29.6 Å². The van der Waals surface area contributed by atoms with Gasteiger partial charge in [0.25, 0.3) is 5.91 Å². The summed E-state index contributed by atoms with van der Waals surface area (Å²) in [6.45, 7) is 4.69. The molecule has 0 unspecified atom stereocenters. The number of amides is 2. The Balaban J connectivity index is 2.52. The van der Waals surface area contributed by atoms with Crippen LogP contribution in [0.15, 0.2) is 28.4 Å². The van der Waals surface area contributed by atoms with Crippen LogP contribution in [0.1, 0.15) is 36.7 Å². The molecule has 0 spiro atoms. The maximum atomic E-state index is 13.0. The molecule has 0 aliphatic carbocycles. The van der Waals surface area contributed by atoms with Crippen molar-refractivity contribution in [3.63, 3.8) is 0 Å². The molecule has 25 heavy (non-hydrogen) atoms. The number of carbonyl (C=O) groups excluding carboxylic acids is 2. The van der Waals surface area contributed by atoms with Crippen molar-refractivity contribution in [2.75, 3.05) is 6.26 Å². The molecule has 0 atom stereocenters. The van der Waals surface area contributed by atoms with E-state index in [1.165, 1.54) is 23.6 Å². The first kappa shape index (κ1) is 19.1. The van der Waals surface area contributed by atoms with Gasteiger partial charge in [0.05, 0.1) is 16.7 Å². The van der Waals surface area contributed by atoms with Crippen LogP contribution in [0.5, 0.6) is 0 Å². The number of aromatic nitrogens is 1. The Hall–Kier alpha value is -2.23. The monoisotopic (exact) mass is 372 g/mol. The lowest BCUT2D eigenvalue weighted by Gasteiger charge is -2.30. The summed E-state index contributed by atoms with van der Waals surface area (Å²) < 4.78 is 39.1. The second-order valence-corrected chi connectivity index (χ2v) is 6.47. The zero-order valence-corrected chi connectivity index (χ0v) is 14.7. The number of guanidine groups is 1. The third-order valence-corrected chi connectivity index (χ3v) is 4.53. The summed E-state index contributed by atoms with van der Waals surface area (Å²) in [5, 5.41) is 0.525. The quantitative estimate of drug-likeness (QED) is 0.760. The van der Waals surface area contributed by atoms with E-state index in [0.717, 1.165) is 12.4 Å². The van der Waals surface area contributed by atoms with E-state index in [-0.39, 0.29) is 5.96 Å². The summed E-state index contributed by atoms with van der Waals surface area (Å²) in [6, 6.07) is 0.700. The van der Waals surface area contributed by atoms with Crippen molar-refractivity contribution in [2.45, 2.75) is 32.5 Å². The number of rotatable bonds is 1. The van der Waals surface area contributed by atoms with Gasteiger partial charge in [0, 0.05) is 19.3 Å². The number of aliphatic imine (C=N–C) groups is 2. The van der Waals surface area contributed by atoms with E-state index in [1.54, 1.807) is 20.1 Å². The van der Waals surface area contributed by atoms with Gasteiger partial charge in [-0.05, 0) is 26.2 Å². The van der Waals surface area contributed by atoms with Gasteiger partial charge >= 0.3 is 6.18 Å². The first-order chi connectivity index (χ1) is 11.5. The second-order valence-electron chi connectivity index (χ2n) is 5.67. The van der Waals surface area contributed by atoms with E-state index in [9.17, 15) is 22.8 Å². The first-order valence-corrected chi connectivity index (χ1v) is 8.30. The Morgan fingerprint density at radius 3 is 2.48 bits per heavy atom.